The van der Waals surface area contributed by atoms with Crippen molar-refractivity contribution in [2.75, 3.05) is 0 Å². The van der Waals surface area contributed by atoms with Gasteiger partial charge in [0, 0.05) is 12.3 Å². The predicted octanol–water partition coefficient (Wildman–Crippen LogP) is 3.82. The summed E-state index contributed by atoms with van der Waals surface area (Å²) in [7, 11) is 0. The van der Waals surface area contributed by atoms with Crippen LogP contribution in [0, 0.1) is 0 Å². The molecule has 0 heterocycles. The molecule has 1 heteroatoms. The van der Waals surface area contributed by atoms with Crippen LogP contribution in [0.2, 0.25) is 0 Å². The van der Waals surface area contributed by atoms with Crippen LogP contribution >= 0.6 is 0 Å². The largest absolute Gasteiger partial charge is 0.299 e. The van der Waals surface area contributed by atoms with Gasteiger partial charge in [-0.3, -0.25) is 4.79 Å². The molecular formula is C18H16O. The second-order valence-corrected chi connectivity index (χ2v) is 5.73. The lowest BCUT2D eigenvalue weighted by molar-refractivity contribution is -0.118. The maximum Gasteiger partial charge on any atom is 0.140 e. The summed E-state index contributed by atoms with van der Waals surface area (Å²) in [5.41, 5.74) is 5.39. The van der Waals surface area contributed by atoms with E-state index in [1.165, 1.54) is 22.3 Å². The van der Waals surface area contributed by atoms with Crippen LogP contribution in [-0.2, 0) is 11.2 Å². The molecule has 2 bridgehead atoms. The van der Waals surface area contributed by atoms with Gasteiger partial charge in [-0.1, -0.05) is 48.5 Å². The molecule has 2 aromatic carbocycles. The molecule has 2 aromatic rings. The second-order valence-electron chi connectivity index (χ2n) is 5.73. The van der Waals surface area contributed by atoms with E-state index < -0.39 is 0 Å². The third-order valence-corrected chi connectivity index (χ3v) is 4.66. The van der Waals surface area contributed by atoms with Crippen molar-refractivity contribution in [1.82, 2.24) is 0 Å². The molecule has 2 unspecified atom stereocenters. The van der Waals surface area contributed by atoms with Gasteiger partial charge < -0.3 is 0 Å². The van der Waals surface area contributed by atoms with Crippen molar-refractivity contribution in [3.8, 4) is 0 Å². The molecule has 19 heavy (non-hydrogen) atoms. The summed E-state index contributed by atoms with van der Waals surface area (Å²) >= 11 is 0. The summed E-state index contributed by atoms with van der Waals surface area (Å²) in [5.74, 6) is 0.991. The van der Waals surface area contributed by atoms with Crippen LogP contribution in [0.5, 0.6) is 0 Å². The summed E-state index contributed by atoms with van der Waals surface area (Å²) in [6.07, 6.45) is 2.68. The molecule has 0 aliphatic heterocycles. The van der Waals surface area contributed by atoms with Crippen molar-refractivity contribution < 1.29 is 4.79 Å². The number of fused-ring (bicyclic) bond motifs is 6. The summed E-state index contributed by atoms with van der Waals surface area (Å²) in [5, 5.41) is 0. The number of rotatable bonds is 0. The number of ketones is 1. The van der Waals surface area contributed by atoms with Gasteiger partial charge >= 0.3 is 0 Å². The molecule has 4 rings (SSSR count). The van der Waals surface area contributed by atoms with E-state index in [2.05, 4.69) is 48.5 Å². The number of benzene rings is 2. The van der Waals surface area contributed by atoms with Gasteiger partial charge in [-0.05, 0) is 41.0 Å². The molecule has 1 nitrogen and oxygen atoms in total. The lowest BCUT2D eigenvalue weighted by Crippen LogP contribution is -2.09. The minimum absolute atomic E-state index is 0.134. The topological polar surface area (TPSA) is 17.1 Å². The number of carbonyl (C=O) groups excluding carboxylic acids is 1. The molecule has 2 atom stereocenters. The maximum absolute atomic E-state index is 12.3. The van der Waals surface area contributed by atoms with Crippen LogP contribution in [0.15, 0.2) is 48.5 Å². The zero-order valence-corrected chi connectivity index (χ0v) is 10.8. The van der Waals surface area contributed by atoms with Crippen LogP contribution in [0.4, 0.5) is 0 Å². The van der Waals surface area contributed by atoms with Crippen molar-refractivity contribution in [2.24, 2.45) is 0 Å². The van der Waals surface area contributed by atoms with Crippen LogP contribution in [-0.4, -0.2) is 5.78 Å². The third kappa shape index (κ3) is 1.65. The first-order valence-electron chi connectivity index (χ1n) is 7.01. The van der Waals surface area contributed by atoms with Gasteiger partial charge in [-0.25, -0.2) is 0 Å². The van der Waals surface area contributed by atoms with Gasteiger partial charge in [0.15, 0.2) is 0 Å². The number of carbonyl (C=O) groups is 1. The minimum Gasteiger partial charge on any atom is -0.299 e. The molecule has 94 valence electrons. The summed E-state index contributed by atoms with van der Waals surface area (Å²) in [6, 6.07) is 17.1. The average Bonchev–Trinajstić information content (AvgIpc) is 2.81. The molecule has 1 saturated carbocycles. The zero-order chi connectivity index (χ0) is 12.8. The Hall–Kier alpha value is -1.89. The normalized spacial score (nSPS) is 24.3. The molecule has 1 fully saturated rings. The molecule has 0 spiro atoms. The molecule has 0 saturated heterocycles. The van der Waals surface area contributed by atoms with Crippen LogP contribution in [0.1, 0.15) is 46.9 Å². The smallest absolute Gasteiger partial charge is 0.140 e. The van der Waals surface area contributed by atoms with Gasteiger partial charge in [0.05, 0.1) is 0 Å². The lowest BCUT2D eigenvalue weighted by Gasteiger charge is -2.21. The molecule has 0 N–H and O–H groups in total. The second kappa shape index (κ2) is 4.06. The quantitative estimate of drug-likeness (QED) is 0.692. The number of hydrogen-bond acceptors (Lipinski definition) is 1. The molecule has 2 aliphatic carbocycles. The molecule has 0 radical (unpaired) electrons. The first kappa shape index (κ1) is 11.0. The highest BCUT2D eigenvalue weighted by Gasteiger charge is 2.37. The highest BCUT2D eigenvalue weighted by molar-refractivity contribution is 5.89. The SMILES string of the molecule is O=C1CC2CC1c1ccccc1Cc1ccccc12. The van der Waals surface area contributed by atoms with Crippen molar-refractivity contribution in [1.29, 1.82) is 0 Å². The van der Waals surface area contributed by atoms with E-state index in [9.17, 15) is 4.79 Å². The Kier molecular flexibility index (Phi) is 2.34. The third-order valence-electron chi connectivity index (χ3n) is 4.66. The first-order valence-corrected chi connectivity index (χ1v) is 7.01. The first-order chi connectivity index (χ1) is 9.33. The van der Waals surface area contributed by atoms with Crippen LogP contribution in [0.3, 0.4) is 0 Å². The Morgan fingerprint density at radius 1 is 0.842 bits per heavy atom. The molecule has 0 aromatic heterocycles. The lowest BCUT2D eigenvalue weighted by atomic mass is 9.82. The van der Waals surface area contributed by atoms with E-state index in [1.54, 1.807) is 0 Å². The fraction of sp³-hybridized carbons (Fsp3) is 0.278. The van der Waals surface area contributed by atoms with Gasteiger partial charge in [0.1, 0.15) is 5.78 Å². The van der Waals surface area contributed by atoms with E-state index in [0.29, 0.717) is 11.7 Å². The van der Waals surface area contributed by atoms with Crippen LogP contribution < -0.4 is 0 Å². The van der Waals surface area contributed by atoms with Crippen LogP contribution in [0.25, 0.3) is 0 Å². The Morgan fingerprint density at radius 2 is 1.47 bits per heavy atom. The standard InChI is InChI=1S/C18H16O/c19-18-11-14-10-17(18)16-8-4-2-6-13(16)9-12-5-1-3-7-15(12)14/h1-8,14,17H,9-11H2. The Labute approximate surface area is 113 Å². The Morgan fingerprint density at radius 3 is 2.26 bits per heavy atom. The van der Waals surface area contributed by atoms with E-state index in [-0.39, 0.29) is 5.92 Å². The highest BCUT2D eigenvalue weighted by Crippen LogP contribution is 2.45. The average molecular weight is 248 g/mol. The fourth-order valence-electron chi connectivity index (χ4n) is 3.76. The highest BCUT2D eigenvalue weighted by atomic mass is 16.1. The summed E-state index contributed by atoms with van der Waals surface area (Å²) in [4.78, 5) is 12.3. The maximum atomic E-state index is 12.3. The van der Waals surface area contributed by atoms with Crippen molar-refractivity contribution in [3.63, 3.8) is 0 Å². The van der Waals surface area contributed by atoms with Crippen molar-refractivity contribution in [2.45, 2.75) is 31.1 Å². The number of Topliss-reactive ketones (excluding diaryl/α,β-unsaturated/α-hetero) is 1. The molecule has 0 amide bonds. The van der Waals surface area contributed by atoms with Crippen molar-refractivity contribution in [3.05, 3.63) is 70.8 Å². The van der Waals surface area contributed by atoms with E-state index in [0.717, 1.165) is 19.3 Å². The number of hydrogen-bond donors (Lipinski definition) is 0. The fourth-order valence-corrected chi connectivity index (χ4v) is 3.76. The van der Waals surface area contributed by atoms with Gasteiger partial charge in [0.25, 0.3) is 0 Å². The van der Waals surface area contributed by atoms with E-state index >= 15 is 0 Å². The molecular weight excluding hydrogens is 232 g/mol. The summed E-state index contributed by atoms with van der Waals surface area (Å²) < 4.78 is 0. The minimum atomic E-state index is 0.134. The molecule has 2 aliphatic rings. The van der Waals surface area contributed by atoms with Gasteiger partial charge in [0.2, 0.25) is 0 Å². The Bertz CT molecular complexity index is 656. The Balaban J connectivity index is 1.95. The van der Waals surface area contributed by atoms with Crippen molar-refractivity contribution >= 4 is 5.78 Å². The summed E-state index contributed by atoms with van der Waals surface area (Å²) in [6.45, 7) is 0. The van der Waals surface area contributed by atoms with E-state index in [4.69, 9.17) is 0 Å². The van der Waals surface area contributed by atoms with Gasteiger partial charge in [-0.2, -0.15) is 0 Å². The zero-order valence-electron chi connectivity index (χ0n) is 10.8. The monoisotopic (exact) mass is 248 g/mol. The van der Waals surface area contributed by atoms with E-state index in [1.807, 2.05) is 0 Å². The predicted molar refractivity (Wildman–Crippen MR) is 75.4 cm³/mol. The van der Waals surface area contributed by atoms with Gasteiger partial charge in [-0.15, -0.1) is 0 Å².